The highest BCUT2D eigenvalue weighted by atomic mass is 32.2. The van der Waals surface area contributed by atoms with Crippen LogP contribution in [-0.4, -0.2) is 41.3 Å². The maximum atomic E-state index is 13.3. The number of carbonyl (C=O) groups excluding carboxylic acids is 1. The Morgan fingerprint density at radius 1 is 1.16 bits per heavy atom. The molecule has 1 N–H and O–H groups in total. The number of anilines is 1. The molecule has 0 bridgehead atoms. The highest BCUT2D eigenvalue weighted by Crippen LogP contribution is 2.26. The fraction of sp³-hybridized carbons (Fsp3) is 0.391. The van der Waals surface area contributed by atoms with E-state index in [0.717, 1.165) is 37.1 Å². The molecule has 2 aromatic carbocycles. The third kappa shape index (κ3) is 4.68. The molecular weight excluding hydrogens is 431 g/mol. The van der Waals surface area contributed by atoms with Crippen LogP contribution in [0.3, 0.4) is 0 Å². The van der Waals surface area contributed by atoms with E-state index < -0.39 is 15.8 Å². The smallest absolute Gasteiger partial charge is 0.243 e. The summed E-state index contributed by atoms with van der Waals surface area (Å²) in [7, 11) is -3.52. The molecule has 0 spiro atoms. The van der Waals surface area contributed by atoms with Gasteiger partial charge < -0.3 is 9.88 Å². The average molecular weight is 459 g/mol. The lowest BCUT2D eigenvalue weighted by atomic mass is 10.2. The van der Waals surface area contributed by atoms with Gasteiger partial charge in [0.2, 0.25) is 15.9 Å². The molecular formula is C23H27FN4O3S. The first kappa shape index (κ1) is 22.4. The normalized spacial score (nSPS) is 14.8. The lowest BCUT2D eigenvalue weighted by Crippen LogP contribution is -2.27. The van der Waals surface area contributed by atoms with Crippen LogP contribution in [0.5, 0.6) is 0 Å². The van der Waals surface area contributed by atoms with Crippen LogP contribution < -0.4 is 5.32 Å². The first-order valence-corrected chi connectivity index (χ1v) is 12.4. The SMILES string of the molecule is CCCn1c(CCC(=O)Nc2cccc(F)c2)nc2cc(S(=O)(=O)N3CCCC3)ccc21. The largest absolute Gasteiger partial charge is 0.328 e. The molecule has 32 heavy (non-hydrogen) atoms. The molecule has 9 heteroatoms. The second kappa shape index (κ2) is 9.38. The second-order valence-corrected chi connectivity index (χ2v) is 9.94. The number of aromatic nitrogens is 2. The van der Waals surface area contributed by atoms with Crippen LogP contribution in [0.4, 0.5) is 10.1 Å². The van der Waals surface area contributed by atoms with Gasteiger partial charge in [-0.15, -0.1) is 0 Å². The number of fused-ring (bicyclic) bond motifs is 1. The number of imidazole rings is 1. The van der Waals surface area contributed by atoms with Gasteiger partial charge in [0.05, 0.1) is 15.9 Å². The molecule has 2 heterocycles. The number of nitrogens with one attached hydrogen (secondary N) is 1. The highest BCUT2D eigenvalue weighted by Gasteiger charge is 2.27. The molecule has 0 radical (unpaired) electrons. The van der Waals surface area contributed by atoms with Crippen molar-refractivity contribution >= 4 is 32.7 Å². The predicted molar refractivity (Wildman–Crippen MR) is 121 cm³/mol. The second-order valence-electron chi connectivity index (χ2n) is 8.00. The van der Waals surface area contributed by atoms with E-state index in [2.05, 4.69) is 17.2 Å². The van der Waals surface area contributed by atoms with E-state index in [-0.39, 0.29) is 17.2 Å². The average Bonchev–Trinajstić information content (AvgIpc) is 3.41. The van der Waals surface area contributed by atoms with Gasteiger partial charge in [-0.3, -0.25) is 4.79 Å². The molecule has 1 aliphatic heterocycles. The fourth-order valence-electron chi connectivity index (χ4n) is 4.08. The van der Waals surface area contributed by atoms with E-state index in [1.54, 1.807) is 30.3 Å². The van der Waals surface area contributed by atoms with Crippen LogP contribution in [0.1, 0.15) is 38.4 Å². The van der Waals surface area contributed by atoms with Crippen molar-refractivity contribution in [3.8, 4) is 0 Å². The molecule has 1 aliphatic rings. The quantitative estimate of drug-likeness (QED) is 0.554. The van der Waals surface area contributed by atoms with Crippen molar-refractivity contribution in [1.29, 1.82) is 0 Å². The summed E-state index contributed by atoms with van der Waals surface area (Å²) in [5.41, 5.74) is 1.88. The maximum absolute atomic E-state index is 13.3. The first-order valence-electron chi connectivity index (χ1n) is 10.9. The Morgan fingerprint density at radius 2 is 1.94 bits per heavy atom. The summed E-state index contributed by atoms with van der Waals surface area (Å²) in [6.07, 6.45) is 3.22. The van der Waals surface area contributed by atoms with Gasteiger partial charge in [-0.05, 0) is 55.7 Å². The molecule has 1 aromatic heterocycles. The number of hydrogen-bond acceptors (Lipinski definition) is 4. The van der Waals surface area contributed by atoms with Gasteiger partial charge in [-0.1, -0.05) is 13.0 Å². The van der Waals surface area contributed by atoms with Crippen LogP contribution in [-0.2, 0) is 27.8 Å². The minimum Gasteiger partial charge on any atom is -0.328 e. The van der Waals surface area contributed by atoms with Crippen LogP contribution >= 0.6 is 0 Å². The van der Waals surface area contributed by atoms with E-state index in [9.17, 15) is 17.6 Å². The van der Waals surface area contributed by atoms with E-state index in [4.69, 9.17) is 0 Å². The Balaban J connectivity index is 1.55. The minimum atomic E-state index is -3.52. The Labute approximate surface area is 187 Å². The molecule has 0 unspecified atom stereocenters. The Kier molecular flexibility index (Phi) is 6.57. The predicted octanol–water partition coefficient (Wildman–Crippen LogP) is 3.94. The Morgan fingerprint density at radius 3 is 2.66 bits per heavy atom. The molecule has 7 nitrogen and oxygen atoms in total. The van der Waals surface area contributed by atoms with Gasteiger partial charge in [0, 0.05) is 38.2 Å². The first-order chi connectivity index (χ1) is 15.4. The van der Waals surface area contributed by atoms with E-state index in [1.807, 2.05) is 4.57 Å². The molecule has 170 valence electrons. The van der Waals surface area contributed by atoms with Crippen molar-refractivity contribution < 1.29 is 17.6 Å². The number of sulfonamides is 1. The summed E-state index contributed by atoms with van der Waals surface area (Å²) in [5, 5.41) is 2.70. The molecule has 3 aromatic rings. The topological polar surface area (TPSA) is 84.3 Å². The minimum absolute atomic E-state index is 0.183. The zero-order valence-corrected chi connectivity index (χ0v) is 18.9. The van der Waals surface area contributed by atoms with Crippen molar-refractivity contribution in [3.05, 3.63) is 54.1 Å². The molecule has 1 saturated heterocycles. The summed E-state index contributed by atoms with van der Waals surface area (Å²) in [6.45, 7) is 3.88. The summed E-state index contributed by atoms with van der Waals surface area (Å²) in [4.78, 5) is 17.3. The van der Waals surface area contributed by atoms with Gasteiger partial charge in [-0.25, -0.2) is 17.8 Å². The standard InChI is InChI=1S/C23H27FN4O3S/c1-2-12-28-21-9-8-19(32(30,31)27-13-3-4-14-27)16-20(21)26-22(28)10-11-23(29)25-18-7-5-6-17(24)15-18/h5-9,15-16H,2-4,10-14H2,1H3,(H,25,29). The van der Waals surface area contributed by atoms with Crippen molar-refractivity contribution in [2.75, 3.05) is 18.4 Å². The van der Waals surface area contributed by atoms with Gasteiger partial charge in [0.1, 0.15) is 11.6 Å². The van der Waals surface area contributed by atoms with Crippen LogP contribution in [0, 0.1) is 5.82 Å². The number of benzene rings is 2. The van der Waals surface area contributed by atoms with Crippen LogP contribution in [0.15, 0.2) is 47.4 Å². The van der Waals surface area contributed by atoms with E-state index >= 15 is 0 Å². The maximum Gasteiger partial charge on any atom is 0.243 e. The van der Waals surface area contributed by atoms with Gasteiger partial charge in [-0.2, -0.15) is 4.31 Å². The summed E-state index contributed by atoms with van der Waals surface area (Å²) < 4.78 is 42.7. The van der Waals surface area contributed by atoms with Gasteiger partial charge >= 0.3 is 0 Å². The molecule has 0 aliphatic carbocycles. The van der Waals surface area contributed by atoms with Gasteiger partial charge in [0.15, 0.2) is 0 Å². The third-order valence-corrected chi connectivity index (χ3v) is 7.53. The summed E-state index contributed by atoms with van der Waals surface area (Å²) in [5.74, 6) is 0.0854. The molecule has 1 fully saturated rings. The van der Waals surface area contributed by atoms with Crippen LogP contribution in [0.2, 0.25) is 0 Å². The van der Waals surface area contributed by atoms with E-state index in [1.165, 1.54) is 16.4 Å². The monoisotopic (exact) mass is 458 g/mol. The summed E-state index contributed by atoms with van der Waals surface area (Å²) in [6, 6.07) is 10.8. The zero-order chi connectivity index (χ0) is 22.7. The van der Waals surface area contributed by atoms with E-state index in [0.29, 0.717) is 30.7 Å². The fourth-order valence-corrected chi connectivity index (χ4v) is 5.61. The van der Waals surface area contributed by atoms with Crippen molar-refractivity contribution in [2.45, 2.75) is 50.5 Å². The zero-order valence-electron chi connectivity index (χ0n) is 18.1. The van der Waals surface area contributed by atoms with Crippen molar-refractivity contribution in [3.63, 3.8) is 0 Å². The molecule has 1 amide bonds. The number of nitrogens with zero attached hydrogens (tertiary/aromatic N) is 3. The number of halogens is 1. The van der Waals surface area contributed by atoms with Crippen molar-refractivity contribution in [1.82, 2.24) is 13.9 Å². The summed E-state index contributed by atoms with van der Waals surface area (Å²) >= 11 is 0. The lowest BCUT2D eigenvalue weighted by molar-refractivity contribution is -0.116. The molecule has 0 atom stereocenters. The number of hydrogen-bond donors (Lipinski definition) is 1. The lowest BCUT2D eigenvalue weighted by Gasteiger charge is -2.15. The molecule has 0 saturated carbocycles. The highest BCUT2D eigenvalue weighted by molar-refractivity contribution is 7.89. The number of amides is 1. The van der Waals surface area contributed by atoms with Crippen LogP contribution in [0.25, 0.3) is 11.0 Å². The van der Waals surface area contributed by atoms with Gasteiger partial charge in [0.25, 0.3) is 0 Å². The number of carbonyl (C=O) groups is 1. The number of aryl methyl sites for hydroxylation is 2. The number of rotatable bonds is 8. The molecule has 4 rings (SSSR count). The third-order valence-electron chi connectivity index (χ3n) is 5.63. The van der Waals surface area contributed by atoms with Crippen molar-refractivity contribution in [2.24, 2.45) is 0 Å². The Bertz CT molecular complexity index is 1230. The Hall–Kier alpha value is -2.78.